The van der Waals surface area contributed by atoms with E-state index >= 15 is 0 Å². The number of carbonyl (C=O) groups excluding carboxylic acids is 1. The van der Waals surface area contributed by atoms with Crippen LogP contribution in [0.15, 0.2) is 54.7 Å². The number of aromatic nitrogens is 1. The number of benzene rings is 2. The molecule has 2 aliphatic heterocycles. The quantitative estimate of drug-likeness (QED) is 0.441. The molecule has 0 bridgehead atoms. The van der Waals surface area contributed by atoms with Crippen molar-refractivity contribution in [2.75, 3.05) is 39.3 Å². The standard InChI is InChI=1S/C30H35N3O3/c34-30(24-5-6-24)33-18-13-26(14-19-33)36-25-10-7-22(8-11-25)27-12-9-23-4-3-15-31-28(23)29(27)35-21-20-32-16-1-2-17-32/h3-4,7-12,15,24,26H,1-2,5-6,13-14,16-21H2. The third kappa shape index (κ3) is 5.19. The highest BCUT2D eigenvalue weighted by Gasteiger charge is 2.35. The van der Waals surface area contributed by atoms with Crippen LogP contribution in [-0.2, 0) is 4.79 Å². The average molecular weight is 486 g/mol. The number of piperidine rings is 1. The maximum Gasteiger partial charge on any atom is 0.225 e. The minimum Gasteiger partial charge on any atom is -0.490 e. The Kier molecular flexibility index (Phi) is 6.77. The van der Waals surface area contributed by atoms with Crippen molar-refractivity contribution >= 4 is 16.8 Å². The van der Waals surface area contributed by atoms with Crippen LogP contribution in [0.1, 0.15) is 38.5 Å². The van der Waals surface area contributed by atoms with Crippen LogP contribution in [0.3, 0.4) is 0 Å². The third-order valence-corrected chi connectivity index (χ3v) is 7.73. The number of pyridine rings is 1. The maximum absolute atomic E-state index is 12.3. The number of likely N-dealkylation sites (tertiary alicyclic amines) is 2. The van der Waals surface area contributed by atoms with E-state index in [4.69, 9.17) is 9.47 Å². The van der Waals surface area contributed by atoms with Crippen molar-refractivity contribution < 1.29 is 14.3 Å². The molecule has 188 valence electrons. The highest BCUT2D eigenvalue weighted by atomic mass is 16.5. The first-order valence-corrected chi connectivity index (χ1v) is 13.5. The van der Waals surface area contributed by atoms with E-state index in [0.29, 0.717) is 18.4 Å². The van der Waals surface area contributed by atoms with Crippen molar-refractivity contribution in [2.24, 2.45) is 5.92 Å². The molecule has 0 radical (unpaired) electrons. The molecule has 1 aromatic heterocycles. The summed E-state index contributed by atoms with van der Waals surface area (Å²) >= 11 is 0. The fourth-order valence-corrected chi connectivity index (χ4v) is 5.46. The number of carbonyl (C=O) groups is 1. The number of hydrogen-bond acceptors (Lipinski definition) is 5. The molecule has 36 heavy (non-hydrogen) atoms. The second kappa shape index (κ2) is 10.5. The predicted octanol–water partition coefficient (Wildman–Crippen LogP) is 5.16. The van der Waals surface area contributed by atoms with Crippen molar-refractivity contribution in [2.45, 2.75) is 44.6 Å². The van der Waals surface area contributed by atoms with Gasteiger partial charge in [0.1, 0.15) is 24.0 Å². The minimum absolute atomic E-state index is 0.161. The summed E-state index contributed by atoms with van der Waals surface area (Å²) in [6.07, 6.45) is 8.49. The van der Waals surface area contributed by atoms with Crippen molar-refractivity contribution in [1.29, 1.82) is 0 Å². The summed E-state index contributed by atoms with van der Waals surface area (Å²) in [5, 5.41) is 1.09. The van der Waals surface area contributed by atoms with Crippen LogP contribution in [0.2, 0.25) is 0 Å². The molecular formula is C30H35N3O3. The smallest absolute Gasteiger partial charge is 0.225 e. The molecule has 3 fully saturated rings. The van der Waals surface area contributed by atoms with Gasteiger partial charge in [-0.1, -0.05) is 24.3 Å². The maximum atomic E-state index is 12.3. The van der Waals surface area contributed by atoms with E-state index in [1.807, 2.05) is 29.3 Å². The van der Waals surface area contributed by atoms with E-state index in [0.717, 1.165) is 78.8 Å². The van der Waals surface area contributed by atoms with Crippen LogP contribution in [0.5, 0.6) is 11.5 Å². The Morgan fingerprint density at radius 1 is 0.917 bits per heavy atom. The monoisotopic (exact) mass is 485 g/mol. The Labute approximate surface area is 213 Å². The molecule has 1 amide bonds. The van der Waals surface area contributed by atoms with Crippen molar-refractivity contribution in [3.05, 3.63) is 54.7 Å². The summed E-state index contributed by atoms with van der Waals surface area (Å²) < 4.78 is 12.7. The number of ether oxygens (including phenoxy) is 2. The van der Waals surface area contributed by atoms with Gasteiger partial charge in [0.15, 0.2) is 5.75 Å². The molecule has 0 N–H and O–H groups in total. The van der Waals surface area contributed by atoms with Gasteiger partial charge >= 0.3 is 0 Å². The predicted molar refractivity (Wildman–Crippen MR) is 141 cm³/mol. The lowest BCUT2D eigenvalue weighted by molar-refractivity contribution is -0.134. The molecule has 3 aliphatic rings. The van der Waals surface area contributed by atoms with Gasteiger partial charge in [0.05, 0.1) is 0 Å². The summed E-state index contributed by atoms with van der Waals surface area (Å²) in [5.74, 6) is 2.38. The van der Waals surface area contributed by atoms with Gasteiger partial charge in [-0.2, -0.15) is 0 Å². The molecule has 6 rings (SSSR count). The van der Waals surface area contributed by atoms with Crippen molar-refractivity contribution in [3.63, 3.8) is 0 Å². The van der Waals surface area contributed by atoms with Crippen LogP contribution in [-0.4, -0.2) is 66.1 Å². The van der Waals surface area contributed by atoms with Crippen molar-refractivity contribution in [1.82, 2.24) is 14.8 Å². The number of amides is 1. The summed E-state index contributed by atoms with van der Waals surface area (Å²) in [5.41, 5.74) is 3.06. The topological polar surface area (TPSA) is 54.9 Å². The van der Waals surface area contributed by atoms with Gasteiger partial charge in [0.2, 0.25) is 5.91 Å². The number of rotatable bonds is 8. The molecule has 6 heteroatoms. The summed E-state index contributed by atoms with van der Waals surface area (Å²) in [6, 6.07) is 16.6. The highest BCUT2D eigenvalue weighted by molar-refractivity contribution is 5.92. The Morgan fingerprint density at radius 3 is 2.44 bits per heavy atom. The Bertz CT molecular complexity index is 1190. The molecular weight excluding hydrogens is 450 g/mol. The highest BCUT2D eigenvalue weighted by Crippen LogP contribution is 2.37. The minimum atomic E-state index is 0.161. The molecule has 0 unspecified atom stereocenters. The number of hydrogen-bond donors (Lipinski definition) is 0. The molecule has 1 aliphatic carbocycles. The molecule has 0 spiro atoms. The van der Waals surface area contributed by atoms with Crippen LogP contribution < -0.4 is 9.47 Å². The molecule has 3 aromatic rings. The number of nitrogens with zero attached hydrogens (tertiary/aromatic N) is 3. The lowest BCUT2D eigenvalue weighted by atomic mass is 10.0. The lowest BCUT2D eigenvalue weighted by Gasteiger charge is -2.32. The zero-order valence-electron chi connectivity index (χ0n) is 20.9. The van der Waals surface area contributed by atoms with E-state index in [2.05, 4.69) is 40.2 Å². The van der Waals surface area contributed by atoms with Gasteiger partial charge in [0, 0.05) is 55.5 Å². The van der Waals surface area contributed by atoms with E-state index < -0.39 is 0 Å². The molecule has 3 heterocycles. The summed E-state index contributed by atoms with van der Waals surface area (Å²) in [4.78, 5) is 21.5. The van der Waals surface area contributed by atoms with Crippen LogP contribution in [0, 0.1) is 5.92 Å². The van der Waals surface area contributed by atoms with E-state index in [1.54, 1.807) is 0 Å². The molecule has 0 atom stereocenters. The van der Waals surface area contributed by atoms with Gasteiger partial charge in [-0.15, -0.1) is 0 Å². The first-order valence-electron chi connectivity index (χ1n) is 13.5. The second-order valence-electron chi connectivity index (χ2n) is 10.4. The van der Waals surface area contributed by atoms with Crippen LogP contribution >= 0.6 is 0 Å². The van der Waals surface area contributed by atoms with Gasteiger partial charge in [0.25, 0.3) is 0 Å². The van der Waals surface area contributed by atoms with E-state index in [9.17, 15) is 4.79 Å². The first kappa shape index (κ1) is 23.3. The van der Waals surface area contributed by atoms with E-state index in [-0.39, 0.29) is 6.10 Å². The van der Waals surface area contributed by atoms with Gasteiger partial charge in [-0.25, -0.2) is 0 Å². The van der Waals surface area contributed by atoms with Crippen molar-refractivity contribution in [3.8, 4) is 22.6 Å². The first-order chi connectivity index (χ1) is 17.7. The zero-order valence-corrected chi connectivity index (χ0v) is 20.9. The largest absolute Gasteiger partial charge is 0.490 e. The summed E-state index contributed by atoms with van der Waals surface area (Å²) in [7, 11) is 0. The molecule has 1 saturated carbocycles. The van der Waals surface area contributed by atoms with Gasteiger partial charge in [-0.05, 0) is 68.6 Å². The fourth-order valence-electron chi connectivity index (χ4n) is 5.46. The average Bonchev–Trinajstić information content (AvgIpc) is 3.65. The molecule has 6 nitrogen and oxygen atoms in total. The molecule has 2 saturated heterocycles. The summed E-state index contributed by atoms with van der Waals surface area (Å²) in [6.45, 7) is 5.55. The Morgan fingerprint density at radius 2 is 1.69 bits per heavy atom. The Balaban J connectivity index is 1.14. The van der Waals surface area contributed by atoms with Crippen LogP contribution in [0.4, 0.5) is 0 Å². The molecule has 2 aromatic carbocycles. The SMILES string of the molecule is O=C(C1CC1)N1CCC(Oc2ccc(-c3ccc4cccnc4c3OCCN3CCCC3)cc2)CC1. The number of fused-ring (bicyclic) bond motifs is 1. The van der Waals surface area contributed by atoms with Crippen LogP contribution in [0.25, 0.3) is 22.0 Å². The normalized spacial score (nSPS) is 19.1. The van der Waals surface area contributed by atoms with Gasteiger partial charge < -0.3 is 14.4 Å². The zero-order chi connectivity index (χ0) is 24.3. The third-order valence-electron chi connectivity index (χ3n) is 7.73. The Hall–Kier alpha value is -3.12. The second-order valence-corrected chi connectivity index (χ2v) is 10.4. The fraction of sp³-hybridized carbons (Fsp3) is 0.467. The van der Waals surface area contributed by atoms with E-state index in [1.165, 1.54) is 25.9 Å². The van der Waals surface area contributed by atoms with Gasteiger partial charge in [-0.3, -0.25) is 14.7 Å². The lowest BCUT2D eigenvalue weighted by Crippen LogP contribution is -2.42.